The van der Waals surface area contributed by atoms with Crippen molar-refractivity contribution in [2.45, 2.75) is 38.6 Å². The summed E-state index contributed by atoms with van der Waals surface area (Å²) in [7, 11) is 0. The van der Waals surface area contributed by atoms with Gasteiger partial charge in [-0.05, 0) is 30.4 Å². The van der Waals surface area contributed by atoms with E-state index < -0.39 is 0 Å². The highest BCUT2D eigenvalue weighted by atomic mass is 35.5. The number of hydrogen-bond donors (Lipinski definition) is 1. The second-order valence-corrected chi connectivity index (χ2v) is 5.33. The Kier molecular flexibility index (Phi) is 3.77. The average molecular weight is 294 g/mol. The van der Waals surface area contributed by atoms with Crippen molar-refractivity contribution in [3.63, 3.8) is 0 Å². The second-order valence-electron chi connectivity index (χ2n) is 5.00. The van der Waals surface area contributed by atoms with Gasteiger partial charge >= 0.3 is 0 Å². The molecule has 0 aliphatic heterocycles. The summed E-state index contributed by atoms with van der Waals surface area (Å²) in [5.41, 5.74) is 0. The van der Waals surface area contributed by atoms with Crippen LogP contribution in [0, 0.1) is 5.92 Å². The van der Waals surface area contributed by atoms with E-state index in [4.69, 9.17) is 11.6 Å². The third-order valence-corrected chi connectivity index (χ3v) is 3.53. The van der Waals surface area contributed by atoms with Crippen molar-refractivity contribution in [3.05, 3.63) is 17.9 Å². The Bertz CT molecular complexity index is 567. The van der Waals surface area contributed by atoms with Crippen LogP contribution < -0.4 is 5.32 Å². The summed E-state index contributed by atoms with van der Waals surface area (Å²) in [5.74, 6) is 1.70. The normalized spacial score (nSPS) is 16.1. The molecule has 0 amide bonds. The Morgan fingerprint density at radius 2 is 2.25 bits per heavy atom. The molecule has 1 aliphatic carbocycles. The Labute approximate surface area is 121 Å². The van der Waals surface area contributed by atoms with E-state index in [1.807, 2.05) is 0 Å². The molecule has 3 rings (SSSR count). The van der Waals surface area contributed by atoms with Gasteiger partial charge in [0.2, 0.25) is 11.2 Å². The number of rotatable bonds is 6. The van der Waals surface area contributed by atoms with Gasteiger partial charge in [-0.3, -0.25) is 0 Å². The first kappa shape index (κ1) is 13.2. The Balaban J connectivity index is 1.78. The number of halogens is 1. The third kappa shape index (κ3) is 3.22. The quantitative estimate of drug-likeness (QED) is 0.878. The molecule has 0 radical (unpaired) electrons. The van der Waals surface area contributed by atoms with E-state index in [0.29, 0.717) is 17.9 Å². The van der Waals surface area contributed by atoms with Gasteiger partial charge < -0.3 is 5.32 Å². The van der Waals surface area contributed by atoms with E-state index in [-0.39, 0.29) is 5.28 Å². The predicted molar refractivity (Wildman–Crippen MR) is 74.8 cm³/mol. The summed E-state index contributed by atoms with van der Waals surface area (Å²) in [6, 6.07) is 0.365. The highest BCUT2D eigenvalue weighted by molar-refractivity contribution is 6.28. The molecule has 2 aromatic heterocycles. The number of aromatic nitrogens is 6. The third-order valence-electron chi connectivity index (χ3n) is 3.36. The fourth-order valence-electron chi connectivity index (χ4n) is 2.08. The lowest BCUT2D eigenvalue weighted by atomic mass is 10.1. The van der Waals surface area contributed by atoms with E-state index in [1.165, 1.54) is 30.2 Å². The zero-order valence-electron chi connectivity index (χ0n) is 11.2. The number of hydrogen-bond acceptors (Lipinski definition) is 6. The van der Waals surface area contributed by atoms with Crippen molar-refractivity contribution in [1.82, 2.24) is 29.7 Å². The van der Waals surface area contributed by atoms with Crippen LogP contribution in [0.1, 0.15) is 32.6 Å². The topological polar surface area (TPSA) is 81.4 Å². The van der Waals surface area contributed by atoms with Gasteiger partial charge in [-0.2, -0.15) is 24.7 Å². The summed E-state index contributed by atoms with van der Waals surface area (Å²) in [5, 5.41) is 7.48. The minimum atomic E-state index is 0.147. The summed E-state index contributed by atoms with van der Waals surface area (Å²) in [4.78, 5) is 16.4. The smallest absolute Gasteiger partial charge is 0.258 e. The minimum Gasteiger partial charge on any atom is -0.351 e. The first-order chi connectivity index (χ1) is 9.74. The van der Waals surface area contributed by atoms with Crippen LogP contribution in [0.2, 0.25) is 5.28 Å². The molecule has 2 heterocycles. The van der Waals surface area contributed by atoms with Crippen LogP contribution in [0.15, 0.2) is 12.7 Å². The SMILES string of the molecule is CCC(CC1CC1)Nc1nc(Cl)nc(-n2cncn2)n1. The van der Waals surface area contributed by atoms with Crippen molar-refractivity contribution >= 4 is 17.5 Å². The highest BCUT2D eigenvalue weighted by Crippen LogP contribution is 2.34. The second kappa shape index (κ2) is 5.70. The molecule has 0 saturated heterocycles. The Morgan fingerprint density at radius 1 is 1.40 bits per heavy atom. The lowest BCUT2D eigenvalue weighted by Gasteiger charge is -2.16. The molecule has 7 nitrogen and oxygen atoms in total. The maximum atomic E-state index is 5.95. The molecule has 1 atom stereocenters. The molecule has 1 saturated carbocycles. The van der Waals surface area contributed by atoms with Gasteiger partial charge in [0.15, 0.2) is 0 Å². The van der Waals surface area contributed by atoms with E-state index in [2.05, 4.69) is 37.3 Å². The fourth-order valence-corrected chi connectivity index (χ4v) is 2.24. The van der Waals surface area contributed by atoms with Crippen LogP contribution in [0.3, 0.4) is 0 Å². The van der Waals surface area contributed by atoms with Crippen molar-refractivity contribution in [3.8, 4) is 5.95 Å². The molecule has 2 aromatic rings. The molecule has 0 spiro atoms. The van der Waals surface area contributed by atoms with E-state index in [9.17, 15) is 0 Å². The zero-order valence-corrected chi connectivity index (χ0v) is 12.0. The van der Waals surface area contributed by atoms with Gasteiger partial charge in [-0.15, -0.1) is 0 Å². The first-order valence-corrected chi connectivity index (χ1v) is 7.15. The van der Waals surface area contributed by atoms with E-state index >= 15 is 0 Å². The Morgan fingerprint density at radius 3 is 2.90 bits per heavy atom. The molecule has 106 valence electrons. The molecule has 8 heteroatoms. The molecule has 1 unspecified atom stereocenters. The number of nitrogens with one attached hydrogen (secondary N) is 1. The van der Waals surface area contributed by atoms with E-state index in [0.717, 1.165) is 18.8 Å². The van der Waals surface area contributed by atoms with Gasteiger partial charge in [0.05, 0.1) is 0 Å². The standard InChI is InChI=1S/C12H16ClN7/c1-2-9(5-8-3-4-8)16-11-17-10(13)18-12(19-11)20-7-14-6-15-20/h6-9H,2-5H2,1H3,(H,16,17,18,19). The first-order valence-electron chi connectivity index (χ1n) is 6.77. The summed E-state index contributed by atoms with van der Waals surface area (Å²) in [6.07, 6.45) is 7.79. The average Bonchev–Trinajstić information content (AvgIpc) is 3.07. The van der Waals surface area contributed by atoms with Crippen LogP contribution in [-0.2, 0) is 0 Å². The predicted octanol–water partition coefficient (Wildman–Crippen LogP) is 2.10. The molecule has 20 heavy (non-hydrogen) atoms. The maximum absolute atomic E-state index is 5.95. The van der Waals surface area contributed by atoms with Crippen molar-refractivity contribution in [1.29, 1.82) is 0 Å². The largest absolute Gasteiger partial charge is 0.351 e. The highest BCUT2D eigenvalue weighted by Gasteiger charge is 2.25. The molecular weight excluding hydrogens is 278 g/mol. The Hall–Kier alpha value is -1.76. The van der Waals surface area contributed by atoms with Crippen LogP contribution in [-0.4, -0.2) is 35.8 Å². The molecule has 0 bridgehead atoms. The lowest BCUT2D eigenvalue weighted by Crippen LogP contribution is -2.21. The lowest BCUT2D eigenvalue weighted by molar-refractivity contribution is 0.582. The van der Waals surface area contributed by atoms with Gasteiger partial charge in [0.1, 0.15) is 12.7 Å². The number of nitrogens with zero attached hydrogens (tertiary/aromatic N) is 6. The summed E-state index contributed by atoms with van der Waals surface area (Å²) >= 11 is 5.95. The molecule has 1 fully saturated rings. The molecule has 0 aromatic carbocycles. The van der Waals surface area contributed by atoms with Gasteiger partial charge in [0.25, 0.3) is 5.95 Å². The van der Waals surface area contributed by atoms with Crippen LogP contribution in [0.25, 0.3) is 5.95 Å². The summed E-state index contributed by atoms with van der Waals surface area (Å²) < 4.78 is 1.46. The maximum Gasteiger partial charge on any atom is 0.258 e. The number of anilines is 1. The zero-order chi connectivity index (χ0) is 13.9. The van der Waals surface area contributed by atoms with Gasteiger partial charge in [-0.25, -0.2) is 4.98 Å². The van der Waals surface area contributed by atoms with Crippen LogP contribution in [0.4, 0.5) is 5.95 Å². The fraction of sp³-hybridized carbons (Fsp3) is 0.583. The molecule has 1 N–H and O–H groups in total. The minimum absolute atomic E-state index is 0.147. The van der Waals surface area contributed by atoms with Crippen LogP contribution >= 0.6 is 11.6 Å². The molecular formula is C12H16ClN7. The van der Waals surface area contributed by atoms with Gasteiger partial charge in [0, 0.05) is 6.04 Å². The summed E-state index contributed by atoms with van der Waals surface area (Å²) in [6.45, 7) is 2.15. The van der Waals surface area contributed by atoms with Crippen molar-refractivity contribution in [2.24, 2.45) is 5.92 Å². The van der Waals surface area contributed by atoms with Crippen molar-refractivity contribution in [2.75, 3.05) is 5.32 Å². The van der Waals surface area contributed by atoms with E-state index in [1.54, 1.807) is 0 Å². The van der Waals surface area contributed by atoms with Crippen molar-refractivity contribution < 1.29 is 0 Å². The van der Waals surface area contributed by atoms with Crippen LogP contribution in [0.5, 0.6) is 0 Å². The molecule has 1 aliphatic rings. The van der Waals surface area contributed by atoms with Gasteiger partial charge in [-0.1, -0.05) is 19.8 Å². The monoisotopic (exact) mass is 293 g/mol.